The average Bonchev–Trinajstić information content (AvgIpc) is 2.86. The molecule has 2 heterocycles. The standard InChI is InChI=1S/C30H39N3O2/c1-2-18-32-20-26-11-7-12-27(21-32)33(26)29(24-8-6-13-28(34)19-24)22-14-16-23(17-15-22)30(35)31-25-9-4-3-5-10-25/h2,6,8,13-17,19,25-27,29,34H,1,3-5,7,9-12,18,20-21H2,(H,31,35). The van der Waals surface area contributed by atoms with Gasteiger partial charge in [0.1, 0.15) is 5.75 Å². The third-order valence-corrected chi connectivity index (χ3v) is 8.16. The molecule has 0 spiro atoms. The monoisotopic (exact) mass is 473 g/mol. The van der Waals surface area contributed by atoms with Crippen LogP contribution in [0.2, 0.25) is 0 Å². The summed E-state index contributed by atoms with van der Waals surface area (Å²) in [5, 5.41) is 13.5. The Balaban J connectivity index is 1.42. The summed E-state index contributed by atoms with van der Waals surface area (Å²) >= 11 is 0. The highest BCUT2D eigenvalue weighted by Crippen LogP contribution is 2.40. The minimum Gasteiger partial charge on any atom is -0.508 e. The zero-order chi connectivity index (χ0) is 24.2. The van der Waals surface area contributed by atoms with Crippen LogP contribution in [0.1, 0.15) is 78.9 Å². The van der Waals surface area contributed by atoms with Gasteiger partial charge in [0.05, 0.1) is 6.04 Å². The van der Waals surface area contributed by atoms with Crippen molar-refractivity contribution in [2.75, 3.05) is 19.6 Å². The number of rotatable bonds is 7. The zero-order valence-electron chi connectivity index (χ0n) is 20.7. The van der Waals surface area contributed by atoms with Crippen LogP contribution >= 0.6 is 0 Å². The first-order chi connectivity index (χ1) is 17.1. The van der Waals surface area contributed by atoms with Gasteiger partial charge >= 0.3 is 0 Å². The van der Waals surface area contributed by atoms with Crippen LogP contribution in [0.3, 0.4) is 0 Å². The second kappa shape index (κ2) is 11.0. The van der Waals surface area contributed by atoms with Crippen molar-refractivity contribution in [1.82, 2.24) is 15.1 Å². The Morgan fingerprint density at radius 2 is 1.69 bits per heavy atom. The molecule has 1 saturated carbocycles. The molecular weight excluding hydrogens is 434 g/mol. The van der Waals surface area contributed by atoms with Crippen molar-refractivity contribution in [1.29, 1.82) is 0 Å². The van der Waals surface area contributed by atoms with Crippen molar-refractivity contribution >= 4 is 5.91 Å². The van der Waals surface area contributed by atoms with E-state index in [0.29, 0.717) is 23.9 Å². The van der Waals surface area contributed by atoms with Gasteiger partial charge in [0.25, 0.3) is 5.91 Å². The molecule has 5 nitrogen and oxygen atoms in total. The number of piperidine rings is 1. The molecule has 3 aliphatic rings. The molecule has 2 aromatic rings. The second-order valence-electron chi connectivity index (χ2n) is 10.6. The topological polar surface area (TPSA) is 55.8 Å². The molecule has 186 valence electrons. The number of carbonyl (C=O) groups is 1. The number of phenolic OH excluding ortho intramolecular Hbond substituents is 1. The average molecular weight is 474 g/mol. The highest BCUT2D eigenvalue weighted by atomic mass is 16.3. The Morgan fingerprint density at radius 1 is 0.971 bits per heavy atom. The maximum atomic E-state index is 12.9. The van der Waals surface area contributed by atoms with Gasteiger partial charge in [0, 0.05) is 43.3 Å². The Hall–Kier alpha value is -2.63. The lowest BCUT2D eigenvalue weighted by atomic mass is 9.85. The van der Waals surface area contributed by atoms with Gasteiger partial charge in [-0.3, -0.25) is 14.6 Å². The summed E-state index contributed by atoms with van der Waals surface area (Å²) in [6, 6.07) is 17.2. The molecule has 1 amide bonds. The number of aromatic hydroxyl groups is 1. The van der Waals surface area contributed by atoms with Gasteiger partial charge in [-0.15, -0.1) is 6.58 Å². The minimum atomic E-state index is 0.0345. The second-order valence-corrected chi connectivity index (χ2v) is 10.6. The number of piperazine rings is 1. The van der Waals surface area contributed by atoms with Gasteiger partial charge in [-0.05, 0) is 61.1 Å². The predicted molar refractivity (Wildman–Crippen MR) is 141 cm³/mol. The quantitative estimate of drug-likeness (QED) is 0.538. The number of hydrogen-bond donors (Lipinski definition) is 2. The van der Waals surface area contributed by atoms with Crippen molar-refractivity contribution in [3.8, 4) is 5.75 Å². The molecule has 5 heteroatoms. The fourth-order valence-corrected chi connectivity index (χ4v) is 6.54. The summed E-state index contributed by atoms with van der Waals surface area (Å²) in [4.78, 5) is 18.1. The number of phenols is 1. The number of nitrogens with one attached hydrogen (secondary N) is 1. The smallest absolute Gasteiger partial charge is 0.251 e. The lowest BCUT2D eigenvalue weighted by Crippen LogP contribution is -2.61. The summed E-state index contributed by atoms with van der Waals surface area (Å²) in [6.07, 6.45) is 11.5. The largest absolute Gasteiger partial charge is 0.508 e. The fourth-order valence-electron chi connectivity index (χ4n) is 6.54. The van der Waals surface area contributed by atoms with Crippen LogP contribution in [0.15, 0.2) is 61.2 Å². The Bertz CT molecular complexity index is 1000. The van der Waals surface area contributed by atoms with Crippen molar-refractivity contribution in [2.24, 2.45) is 0 Å². The van der Waals surface area contributed by atoms with Gasteiger partial charge in [-0.2, -0.15) is 0 Å². The Kier molecular flexibility index (Phi) is 7.54. The molecule has 1 aliphatic carbocycles. The number of nitrogens with zero attached hydrogens (tertiary/aromatic N) is 2. The van der Waals surface area contributed by atoms with Gasteiger partial charge < -0.3 is 10.4 Å². The molecule has 2 aliphatic heterocycles. The highest BCUT2D eigenvalue weighted by Gasteiger charge is 2.41. The minimum absolute atomic E-state index is 0.0345. The molecule has 35 heavy (non-hydrogen) atoms. The van der Waals surface area contributed by atoms with Crippen LogP contribution in [0.4, 0.5) is 0 Å². The molecule has 2 saturated heterocycles. The fraction of sp³-hybridized carbons (Fsp3) is 0.500. The van der Waals surface area contributed by atoms with E-state index in [-0.39, 0.29) is 11.9 Å². The van der Waals surface area contributed by atoms with Crippen LogP contribution in [0.25, 0.3) is 0 Å². The van der Waals surface area contributed by atoms with E-state index < -0.39 is 0 Å². The summed E-state index contributed by atoms with van der Waals surface area (Å²) < 4.78 is 0. The molecule has 2 bridgehead atoms. The van der Waals surface area contributed by atoms with Gasteiger partial charge in [0.2, 0.25) is 0 Å². The summed E-state index contributed by atoms with van der Waals surface area (Å²) in [6.45, 7) is 6.97. The van der Waals surface area contributed by atoms with E-state index in [0.717, 1.165) is 43.6 Å². The van der Waals surface area contributed by atoms with E-state index in [4.69, 9.17) is 0 Å². The predicted octanol–water partition coefficient (Wildman–Crippen LogP) is 5.27. The number of hydrogen-bond acceptors (Lipinski definition) is 4. The van der Waals surface area contributed by atoms with Gasteiger partial charge in [0.15, 0.2) is 0 Å². The molecule has 2 aromatic carbocycles. The summed E-state index contributed by atoms with van der Waals surface area (Å²) in [5.74, 6) is 0.332. The maximum absolute atomic E-state index is 12.9. The normalized spacial score (nSPS) is 24.6. The first-order valence-electron chi connectivity index (χ1n) is 13.4. The maximum Gasteiger partial charge on any atom is 0.251 e. The van der Waals surface area contributed by atoms with E-state index in [1.165, 1.54) is 44.1 Å². The molecular formula is C30H39N3O2. The first-order valence-corrected chi connectivity index (χ1v) is 13.4. The van der Waals surface area contributed by atoms with E-state index in [1.54, 1.807) is 6.07 Å². The SMILES string of the molecule is C=CCN1CC2CCCC(C1)N2C(c1ccc(C(=O)NC2CCCCC2)cc1)c1cccc(O)c1. The molecule has 5 rings (SSSR count). The molecule has 0 radical (unpaired) electrons. The molecule has 3 fully saturated rings. The van der Waals surface area contributed by atoms with Crippen LogP contribution in [-0.2, 0) is 0 Å². The van der Waals surface area contributed by atoms with Gasteiger partial charge in [-0.25, -0.2) is 0 Å². The lowest BCUT2D eigenvalue weighted by molar-refractivity contribution is -0.0250. The molecule has 3 atom stereocenters. The number of benzene rings is 2. The summed E-state index contributed by atoms with van der Waals surface area (Å²) in [7, 11) is 0. The third kappa shape index (κ3) is 5.46. The third-order valence-electron chi connectivity index (χ3n) is 8.16. The Morgan fingerprint density at radius 3 is 2.34 bits per heavy atom. The van der Waals surface area contributed by atoms with Crippen molar-refractivity contribution in [2.45, 2.75) is 75.5 Å². The lowest BCUT2D eigenvalue weighted by Gasteiger charge is -2.53. The Labute approximate surface area is 209 Å². The first kappa shape index (κ1) is 24.1. The summed E-state index contributed by atoms with van der Waals surface area (Å²) in [5.41, 5.74) is 3.02. The molecule has 2 N–H and O–H groups in total. The number of fused-ring (bicyclic) bond motifs is 2. The number of carbonyl (C=O) groups excluding carboxylic acids is 1. The van der Waals surface area contributed by atoms with Crippen LogP contribution < -0.4 is 5.32 Å². The van der Waals surface area contributed by atoms with Gasteiger partial charge in [-0.1, -0.05) is 56.0 Å². The van der Waals surface area contributed by atoms with E-state index in [2.05, 4.69) is 39.9 Å². The zero-order valence-corrected chi connectivity index (χ0v) is 20.7. The highest BCUT2D eigenvalue weighted by molar-refractivity contribution is 5.94. The van der Waals surface area contributed by atoms with Crippen molar-refractivity contribution in [3.63, 3.8) is 0 Å². The number of likely N-dealkylation sites (tertiary alicyclic amines) is 1. The van der Waals surface area contributed by atoms with Crippen LogP contribution in [0, 0.1) is 0 Å². The number of amides is 1. The van der Waals surface area contributed by atoms with Crippen molar-refractivity contribution < 1.29 is 9.90 Å². The van der Waals surface area contributed by atoms with E-state index in [1.807, 2.05) is 30.3 Å². The van der Waals surface area contributed by atoms with Crippen LogP contribution in [-0.4, -0.2) is 58.6 Å². The van der Waals surface area contributed by atoms with E-state index >= 15 is 0 Å². The van der Waals surface area contributed by atoms with E-state index in [9.17, 15) is 9.90 Å². The molecule has 0 aromatic heterocycles. The molecule has 3 unspecified atom stereocenters. The van der Waals surface area contributed by atoms with Crippen molar-refractivity contribution in [3.05, 3.63) is 77.9 Å². The van der Waals surface area contributed by atoms with Crippen LogP contribution in [0.5, 0.6) is 5.75 Å².